The lowest BCUT2D eigenvalue weighted by Crippen LogP contribution is -2.50. The maximum Gasteiger partial charge on any atom is 0.243 e. The summed E-state index contributed by atoms with van der Waals surface area (Å²) < 4.78 is 0. The van der Waals surface area contributed by atoms with Crippen LogP contribution in [0.1, 0.15) is 36.5 Å². The molecule has 0 aliphatic rings. The number of hydrogen-bond acceptors (Lipinski definition) is 2. The molecule has 5 heteroatoms. The van der Waals surface area contributed by atoms with Gasteiger partial charge in [-0.25, -0.2) is 0 Å². The lowest BCUT2D eigenvalue weighted by molar-refractivity contribution is -0.141. The lowest BCUT2D eigenvalue weighted by Gasteiger charge is -2.31. The van der Waals surface area contributed by atoms with E-state index in [1.54, 1.807) is 17.0 Å². The van der Waals surface area contributed by atoms with E-state index in [0.717, 1.165) is 23.1 Å². The fourth-order valence-corrected chi connectivity index (χ4v) is 3.73. The highest BCUT2D eigenvalue weighted by molar-refractivity contribution is 6.30. The Morgan fingerprint density at radius 1 is 0.844 bits per heavy atom. The van der Waals surface area contributed by atoms with Crippen LogP contribution in [0.15, 0.2) is 84.9 Å². The number of amides is 2. The molecule has 32 heavy (non-hydrogen) atoms. The highest BCUT2D eigenvalue weighted by atomic mass is 35.5. The number of hydrogen-bond donors (Lipinski definition) is 1. The monoisotopic (exact) mass is 448 g/mol. The number of carbonyl (C=O) groups is 2. The normalized spacial score (nSPS) is 11.6. The Hall–Kier alpha value is -3.11. The number of benzene rings is 3. The zero-order valence-electron chi connectivity index (χ0n) is 18.3. The molecule has 3 aromatic carbocycles. The van der Waals surface area contributed by atoms with Crippen molar-refractivity contribution in [2.45, 2.75) is 45.3 Å². The molecule has 166 valence electrons. The third-order valence-corrected chi connectivity index (χ3v) is 5.56. The maximum atomic E-state index is 13.4. The van der Waals surface area contributed by atoms with Gasteiger partial charge in [0.25, 0.3) is 0 Å². The Morgan fingerprint density at radius 3 is 2.03 bits per heavy atom. The van der Waals surface area contributed by atoms with Crippen molar-refractivity contribution in [3.05, 3.63) is 107 Å². The molecule has 1 N–H and O–H groups in total. The Labute approximate surface area is 195 Å². The molecular weight excluding hydrogens is 420 g/mol. The van der Waals surface area contributed by atoms with E-state index in [1.165, 1.54) is 0 Å². The van der Waals surface area contributed by atoms with Gasteiger partial charge in [0, 0.05) is 31.0 Å². The predicted octanol–water partition coefficient (Wildman–Crippen LogP) is 5.40. The summed E-state index contributed by atoms with van der Waals surface area (Å²) in [5.41, 5.74) is 2.97. The molecule has 0 saturated carbocycles. The van der Waals surface area contributed by atoms with Gasteiger partial charge in [0.1, 0.15) is 6.04 Å². The van der Waals surface area contributed by atoms with E-state index >= 15 is 0 Å². The summed E-state index contributed by atoms with van der Waals surface area (Å²) in [4.78, 5) is 28.2. The summed E-state index contributed by atoms with van der Waals surface area (Å²) in [5, 5.41) is 3.68. The molecule has 1 atom stereocenters. The van der Waals surface area contributed by atoms with Gasteiger partial charge in [0.2, 0.25) is 11.8 Å². The molecule has 3 rings (SSSR count). The molecule has 0 heterocycles. The molecule has 0 aliphatic carbocycles. The van der Waals surface area contributed by atoms with Gasteiger partial charge in [-0.05, 0) is 35.2 Å². The first kappa shape index (κ1) is 23.6. The highest BCUT2D eigenvalue weighted by Gasteiger charge is 2.29. The number of carbonyl (C=O) groups excluding carboxylic acids is 2. The van der Waals surface area contributed by atoms with Gasteiger partial charge in [-0.1, -0.05) is 91.3 Å². The van der Waals surface area contributed by atoms with Crippen molar-refractivity contribution in [3.8, 4) is 0 Å². The lowest BCUT2D eigenvalue weighted by atomic mass is 10.0. The average molecular weight is 449 g/mol. The van der Waals surface area contributed by atoms with Gasteiger partial charge < -0.3 is 10.2 Å². The summed E-state index contributed by atoms with van der Waals surface area (Å²) in [6.45, 7) is 2.75. The number of halogens is 1. The molecule has 0 spiro atoms. The van der Waals surface area contributed by atoms with Crippen LogP contribution < -0.4 is 5.32 Å². The minimum absolute atomic E-state index is 0.0149. The zero-order chi connectivity index (χ0) is 22.8. The fraction of sp³-hybridized carbons (Fsp3) is 0.259. The predicted molar refractivity (Wildman–Crippen MR) is 129 cm³/mol. The molecule has 0 radical (unpaired) electrons. The molecule has 0 aromatic heterocycles. The second kappa shape index (κ2) is 12.1. The highest BCUT2D eigenvalue weighted by Crippen LogP contribution is 2.17. The van der Waals surface area contributed by atoms with Crippen molar-refractivity contribution in [2.24, 2.45) is 0 Å². The largest absolute Gasteiger partial charge is 0.350 e. The Morgan fingerprint density at radius 2 is 1.44 bits per heavy atom. The standard InChI is InChI=1S/C27H29ClN2O2/c1-2-9-26(31)30(20-23-12-7-4-8-13-23)25(18-21-10-5-3-6-11-21)27(32)29-19-22-14-16-24(28)17-15-22/h3-8,10-17,25H,2,9,18-20H2,1H3,(H,29,32)/t25-/m1/s1. The topological polar surface area (TPSA) is 49.4 Å². The van der Waals surface area contributed by atoms with Crippen LogP contribution >= 0.6 is 11.6 Å². The molecule has 3 aromatic rings. The van der Waals surface area contributed by atoms with Crippen LogP contribution in [-0.2, 0) is 29.1 Å². The first-order valence-electron chi connectivity index (χ1n) is 11.0. The van der Waals surface area contributed by atoms with Crippen LogP contribution in [0, 0.1) is 0 Å². The van der Waals surface area contributed by atoms with E-state index in [1.807, 2.05) is 79.7 Å². The Bertz CT molecular complexity index is 991. The van der Waals surface area contributed by atoms with Crippen LogP contribution in [0.3, 0.4) is 0 Å². The maximum absolute atomic E-state index is 13.4. The number of nitrogens with one attached hydrogen (secondary N) is 1. The smallest absolute Gasteiger partial charge is 0.243 e. The molecule has 0 fully saturated rings. The fourth-order valence-electron chi connectivity index (χ4n) is 3.60. The summed E-state index contributed by atoms with van der Waals surface area (Å²) in [6.07, 6.45) is 1.59. The minimum Gasteiger partial charge on any atom is -0.350 e. The van der Waals surface area contributed by atoms with Crippen molar-refractivity contribution in [1.82, 2.24) is 10.2 Å². The Kier molecular flexibility index (Phi) is 8.88. The van der Waals surface area contributed by atoms with Crippen molar-refractivity contribution in [1.29, 1.82) is 0 Å². The first-order chi connectivity index (χ1) is 15.6. The molecular formula is C27H29ClN2O2. The van der Waals surface area contributed by atoms with E-state index < -0.39 is 6.04 Å². The molecule has 0 saturated heterocycles. The van der Waals surface area contributed by atoms with Crippen LogP contribution in [0.4, 0.5) is 0 Å². The SMILES string of the molecule is CCCC(=O)N(Cc1ccccc1)[C@H](Cc1ccccc1)C(=O)NCc1ccc(Cl)cc1. The van der Waals surface area contributed by atoms with E-state index in [-0.39, 0.29) is 11.8 Å². The van der Waals surface area contributed by atoms with Gasteiger partial charge in [-0.3, -0.25) is 9.59 Å². The van der Waals surface area contributed by atoms with Gasteiger partial charge in [0.15, 0.2) is 0 Å². The van der Waals surface area contributed by atoms with Crippen LogP contribution in [-0.4, -0.2) is 22.8 Å². The number of nitrogens with zero attached hydrogens (tertiary/aromatic N) is 1. The van der Waals surface area contributed by atoms with Crippen molar-refractivity contribution in [2.75, 3.05) is 0 Å². The third kappa shape index (κ3) is 6.96. The molecule has 0 unspecified atom stereocenters. The minimum atomic E-state index is -0.607. The average Bonchev–Trinajstić information content (AvgIpc) is 2.82. The van der Waals surface area contributed by atoms with E-state index in [2.05, 4.69) is 5.32 Å². The van der Waals surface area contributed by atoms with E-state index in [0.29, 0.717) is 31.0 Å². The second-order valence-electron chi connectivity index (χ2n) is 7.81. The second-order valence-corrected chi connectivity index (χ2v) is 8.24. The van der Waals surface area contributed by atoms with E-state index in [9.17, 15) is 9.59 Å². The van der Waals surface area contributed by atoms with Crippen molar-refractivity contribution < 1.29 is 9.59 Å². The summed E-state index contributed by atoms with van der Waals surface area (Å²) in [7, 11) is 0. The van der Waals surface area contributed by atoms with Gasteiger partial charge in [0.05, 0.1) is 0 Å². The van der Waals surface area contributed by atoms with Crippen LogP contribution in [0.25, 0.3) is 0 Å². The van der Waals surface area contributed by atoms with Crippen molar-refractivity contribution in [3.63, 3.8) is 0 Å². The summed E-state index contributed by atoms with van der Waals surface area (Å²) in [6, 6.07) is 26.4. The van der Waals surface area contributed by atoms with Crippen LogP contribution in [0.2, 0.25) is 5.02 Å². The van der Waals surface area contributed by atoms with Gasteiger partial charge in [-0.15, -0.1) is 0 Å². The molecule has 2 amide bonds. The molecule has 4 nitrogen and oxygen atoms in total. The third-order valence-electron chi connectivity index (χ3n) is 5.31. The quantitative estimate of drug-likeness (QED) is 0.451. The first-order valence-corrected chi connectivity index (χ1v) is 11.3. The van der Waals surface area contributed by atoms with Crippen molar-refractivity contribution >= 4 is 23.4 Å². The summed E-state index contributed by atoms with van der Waals surface area (Å²) in [5.74, 6) is -0.178. The van der Waals surface area contributed by atoms with Crippen LogP contribution in [0.5, 0.6) is 0 Å². The number of rotatable bonds is 10. The van der Waals surface area contributed by atoms with Gasteiger partial charge >= 0.3 is 0 Å². The molecule has 0 bridgehead atoms. The van der Waals surface area contributed by atoms with Gasteiger partial charge in [-0.2, -0.15) is 0 Å². The zero-order valence-corrected chi connectivity index (χ0v) is 19.1. The Balaban J connectivity index is 1.85. The van der Waals surface area contributed by atoms with E-state index in [4.69, 9.17) is 11.6 Å². The summed E-state index contributed by atoms with van der Waals surface area (Å²) >= 11 is 5.97. The molecule has 0 aliphatic heterocycles.